The van der Waals surface area contributed by atoms with Gasteiger partial charge in [0.2, 0.25) is 0 Å². The van der Waals surface area contributed by atoms with Crippen LogP contribution in [0.5, 0.6) is 17.2 Å². The summed E-state index contributed by atoms with van der Waals surface area (Å²) in [7, 11) is 0. The topological polar surface area (TPSA) is 299 Å². The van der Waals surface area contributed by atoms with Crippen LogP contribution in [0.2, 0.25) is 0 Å². The number of pyridine rings is 3. The van der Waals surface area contributed by atoms with Crippen molar-refractivity contribution in [3.63, 3.8) is 0 Å². The molecule has 64 heavy (non-hydrogen) atoms. The average Bonchev–Trinajstić information content (AvgIpc) is 3.27. The first-order valence-corrected chi connectivity index (χ1v) is 19.0. The van der Waals surface area contributed by atoms with Crippen LogP contribution in [0.3, 0.4) is 0 Å². The second-order valence-electron chi connectivity index (χ2n) is 13.0. The first kappa shape index (κ1) is 51.0. The predicted molar refractivity (Wildman–Crippen MR) is 229 cm³/mol. The van der Waals surface area contributed by atoms with Crippen LogP contribution in [0.1, 0.15) is 83.7 Å². The van der Waals surface area contributed by atoms with E-state index in [1.807, 2.05) is 0 Å². The van der Waals surface area contributed by atoms with E-state index in [1.54, 1.807) is 57.2 Å². The summed E-state index contributed by atoms with van der Waals surface area (Å²) in [5, 5.41) is 62.9. The third-order valence-electron chi connectivity index (χ3n) is 8.45. The van der Waals surface area contributed by atoms with Gasteiger partial charge in [0.05, 0.1) is 0 Å². The largest absolute Gasteiger partial charge is 0.508 e. The normalized spacial score (nSPS) is 9.98. The van der Waals surface area contributed by atoms with Gasteiger partial charge in [0.1, 0.15) is 51.4 Å². The van der Waals surface area contributed by atoms with Gasteiger partial charge in [0, 0.05) is 57.8 Å². The maximum absolute atomic E-state index is 11.9. The molecular weight excluding hydrogens is 979 g/mol. The molecule has 0 spiro atoms. The van der Waals surface area contributed by atoms with E-state index in [0.29, 0.717) is 53.0 Å². The molecule has 0 aliphatic heterocycles. The molecule has 0 radical (unpaired) electrons. The summed E-state index contributed by atoms with van der Waals surface area (Å²) < 4.78 is 0. The molecule has 6 aromatic rings. The van der Waals surface area contributed by atoms with Crippen molar-refractivity contribution in [3.05, 3.63) is 143 Å². The molecule has 0 atom stereocenters. The Morgan fingerprint density at radius 3 is 0.766 bits per heavy atom. The fourth-order valence-corrected chi connectivity index (χ4v) is 5.48. The number of carbonyl (C=O) groups is 6. The molecule has 0 aliphatic rings. The van der Waals surface area contributed by atoms with Gasteiger partial charge in [-0.1, -0.05) is 36.4 Å². The molecule has 0 saturated heterocycles. The van der Waals surface area contributed by atoms with Crippen molar-refractivity contribution in [1.29, 1.82) is 0 Å². The van der Waals surface area contributed by atoms with Gasteiger partial charge in [-0.25, -0.2) is 29.3 Å². The molecule has 6 rings (SSSR count). The molecule has 0 unspecified atom stereocenters. The quantitative estimate of drug-likeness (QED) is 0.0710. The Morgan fingerprint density at radius 2 is 0.578 bits per heavy atom. The standard InChI is InChI=1S/3C15H14N2O4.Dy/c3*1-2-16-14(19)12-7-10(8-13(17-12)15(20)21)9-3-5-11(18)6-4-9;/h3*3-8,18H,2H2,1H3,(H,16,19)(H,20,21);. The maximum atomic E-state index is 11.9. The Bertz CT molecular complexity index is 2340. The van der Waals surface area contributed by atoms with Crippen LogP contribution in [-0.4, -0.2) is 101 Å². The molecule has 19 heteroatoms. The number of aromatic hydroxyl groups is 3. The fourth-order valence-electron chi connectivity index (χ4n) is 5.48. The van der Waals surface area contributed by atoms with Crippen LogP contribution < -0.4 is 16.0 Å². The second-order valence-corrected chi connectivity index (χ2v) is 13.0. The predicted octanol–water partition coefficient (Wildman–Crippen LogP) is 5.71. The van der Waals surface area contributed by atoms with Crippen molar-refractivity contribution in [2.45, 2.75) is 20.8 Å². The molecule has 0 aliphatic carbocycles. The number of phenols is 3. The molecule has 3 heterocycles. The number of carbonyl (C=O) groups excluding carboxylic acids is 3. The number of nitrogens with one attached hydrogen (secondary N) is 3. The number of amides is 3. The van der Waals surface area contributed by atoms with Gasteiger partial charge in [0.15, 0.2) is 0 Å². The van der Waals surface area contributed by atoms with Gasteiger partial charge in [0.25, 0.3) is 17.7 Å². The number of benzene rings is 3. The zero-order valence-electron chi connectivity index (χ0n) is 34.3. The van der Waals surface area contributed by atoms with Crippen molar-refractivity contribution in [1.82, 2.24) is 30.9 Å². The van der Waals surface area contributed by atoms with Crippen LogP contribution in [0.25, 0.3) is 33.4 Å². The van der Waals surface area contributed by atoms with E-state index in [9.17, 15) is 44.1 Å². The number of rotatable bonds is 12. The first-order chi connectivity index (χ1) is 30.0. The maximum Gasteiger partial charge on any atom is 0.354 e. The van der Waals surface area contributed by atoms with Crippen LogP contribution in [-0.2, 0) is 0 Å². The molecule has 0 fully saturated rings. The van der Waals surface area contributed by atoms with Gasteiger partial charge in [-0.2, -0.15) is 0 Å². The van der Waals surface area contributed by atoms with E-state index in [-0.39, 0.29) is 89.6 Å². The monoisotopic (exact) mass is 1020 g/mol. The third kappa shape index (κ3) is 14.6. The molecule has 3 aromatic carbocycles. The Hall–Kier alpha value is -7.40. The number of aromatic nitrogens is 3. The number of phenolic OH excluding ortho intramolecular Hbond substituents is 3. The summed E-state index contributed by atoms with van der Waals surface area (Å²) in [4.78, 5) is 80.5. The van der Waals surface area contributed by atoms with Gasteiger partial charge < -0.3 is 46.6 Å². The van der Waals surface area contributed by atoms with E-state index in [0.717, 1.165) is 0 Å². The Balaban J connectivity index is 0.000000253. The molecule has 9 N–H and O–H groups in total. The molecule has 334 valence electrons. The van der Waals surface area contributed by atoms with Crippen molar-refractivity contribution in [2.24, 2.45) is 0 Å². The van der Waals surface area contributed by atoms with Crippen LogP contribution >= 0.6 is 0 Å². The summed E-state index contributed by atoms with van der Waals surface area (Å²) >= 11 is 0. The molecule has 3 amide bonds. The van der Waals surface area contributed by atoms with Gasteiger partial charge in [-0.05, 0) is 127 Å². The van der Waals surface area contributed by atoms with E-state index in [4.69, 9.17) is 15.3 Å². The van der Waals surface area contributed by atoms with Crippen LogP contribution in [0.15, 0.2) is 109 Å². The minimum absolute atomic E-state index is 0. The number of hydrogen-bond donors (Lipinski definition) is 9. The summed E-state index contributed by atoms with van der Waals surface area (Å²) in [5.41, 5.74) is 3.19. The van der Waals surface area contributed by atoms with E-state index in [2.05, 4.69) is 30.9 Å². The summed E-state index contributed by atoms with van der Waals surface area (Å²) in [6.07, 6.45) is 0. The summed E-state index contributed by atoms with van der Waals surface area (Å²) in [6.45, 7) is 6.56. The average molecular weight is 1020 g/mol. The zero-order chi connectivity index (χ0) is 46.2. The van der Waals surface area contributed by atoms with E-state index in [1.165, 1.54) is 72.8 Å². The number of carboxylic acid groups (broad SMARTS) is 3. The SMILES string of the molecule is CCNC(=O)c1cc(-c2ccc(O)cc2)cc(C(=O)O)n1.CCNC(=O)c1cc(-c2ccc(O)cc2)cc(C(=O)O)n1.CCNC(=O)c1cc(-c2ccc(O)cc2)cc(C(=O)O)n1.[Dy]. The minimum atomic E-state index is -1.21. The van der Waals surface area contributed by atoms with Crippen LogP contribution in [0.4, 0.5) is 0 Å². The minimum Gasteiger partial charge on any atom is -0.508 e. The number of carboxylic acids is 3. The van der Waals surface area contributed by atoms with Crippen molar-refractivity contribution >= 4 is 35.6 Å². The number of hydrogen-bond acceptors (Lipinski definition) is 12. The summed E-state index contributed by atoms with van der Waals surface area (Å²) in [5.74, 6) is -4.59. The first-order valence-electron chi connectivity index (χ1n) is 19.0. The number of nitrogens with zero attached hydrogens (tertiary/aromatic N) is 3. The van der Waals surface area contributed by atoms with E-state index >= 15 is 0 Å². The van der Waals surface area contributed by atoms with Gasteiger partial charge in [-0.3, -0.25) is 14.4 Å². The second kappa shape index (κ2) is 24.3. The van der Waals surface area contributed by atoms with Crippen molar-refractivity contribution < 1.29 is 97.6 Å². The summed E-state index contributed by atoms with van der Waals surface area (Å²) in [6, 6.07) is 27.5. The van der Waals surface area contributed by atoms with E-state index < -0.39 is 35.6 Å². The Morgan fingerprint density at radius 1 is 0.375 bits per heavy atom. The Labute approximate surface area is 396 Å². The fraction of sp³-hybridized carbons (Fsp3) is 0.133. The van der Waals surface area contributed by atoms with Gasteiger partial charge >= 0.3 is 17.9 Å². The zero-order valence-corrected chi connectivity index (χ0v) is 36.3. The molecule has 0 saturated carbocycles. The smallest absolute Gasteiger partial charge is 0.354 e. The molecule has 18 nitrogen and oxygen atoms in total. The third-order valence-corrected chi connectivity index (χ3v) is 8.45. The molecule has 3 aromatic heterocycles. The Kier molecular flexibility index (Phi) is 19.3. The van der Waals surface area contributed by atoms with Gasteiger partial charge in [-0.15, -0.1) is 0 Å². The van der Waals surface area contributed by atoms with Crippen molar-refractivity contribution in [2.75, 3.05) is 19.6 Å². The van der Waals surface area contributed by atoms with Crippen LogP contribution in [0, 0.1) is 38.2 Å². The molecule has 0 bridgehead atoms. The number of aromatic carboxylic acids is 3. The molecular formula is C45H42DyN6O12. The van der Waals surface area contributed by atoms with Crippen molar-refractivity contribution in [3.8, 4) is 50.6 Å².